The molecule has 2 aromatic rings. The van der Waals surface area contributed by atoms with Crippen LogP contribution >= 0.6 is 11.6 Å². The summed E-state index contributed by atoms with van der Waals surface area (Å²) in [5.74, 6) is -0.877. The van der Waals surface area contributed by atoms with Crippen molar-refractivity contribution < 1.29 is 27.2 Å². The third kappa shape index (κ3) is 4.21. The predicted molar refractivity (Wildman–Crippen MR) is 115 cm³/mol. The molecule has 9 heteroatoms. The Hall–Kier alpha value is -2.22. The van der Waals surface area contributed by atoms with E-state index in [9.17, 15) is 22.8 Å². The normalized spacial score (nSPS) is 17.9. The first kappa shape index (κ1) is 23.0. The van der Waals surface area contributed by atoms with E-state index in [-0.39, 0.29) is 40.0 Å². The number of benzene rings is 1. The summed E-state index contributed by atoms with van der Waals surface area (Å²) in [6.45, 7) is 4.50. The second kappa shape index (κ2) is 8.28. The van der Waals surface area contributed by atoms with E-state index in [4.69, 9.17) is 16.0 Å². The quantitative estimate of drug-likeness (QED) is 0.575. The fourth-order valence-corrected chi connectivity index (χ4v) is 4.47. The number of fused-ring (bicyclic) bond motifs is 1. The molecular weight excluding hydrogens is 445 g/mol. The smallest absolute Gasteiger partial charge is 0.420 e. The Morgan fingerprint density at radius 2 is 1.78 bits per heavy atom. The van der Waals surface area contributed by atoms with E-state index < -0.39 is 23.2 Å². The van der Waals surface area contributed by atoms with Gasteiger partial charge in [-0.15, -0.1) is 0 Å². The summed E-state index contributed by atoms with van der Waals surface area (Å²) in [6, 6.07) is 2.80. The second-order valence-electron chi connectivity index (χ2n) is 9.07. The van der Waals surface area contributed by atoms with Gasteiger partial charge in [-0.3, -0.25) is 9.59 Å². The van der Waals surface area contributed by atoms with Crippen molar-refractivity contribution in [3.63, 3.8) is 0 Å². The number of piperidine rings is 1. The van der Waals surface area contributed by atoms with Gasteiger partial charge >= 0.3 is 6.18 Å². The van der Waals surface area contributed by atoms with Gasteiger partial charge in [-0.25, -0.2) is 0 Å². The molecule has 32 heavy (non-hydrogen) atoms. The standard InChI is InChI=1S/C23H26ClF3N2O3/c1-12(2)28(3)21(30)14-6-8-29(9-7-14)22(31)20-18(24)16-10-15(13-4-5-13)11-17(19(16)32-20)23(25,26)27/h10-14H,4-9H2,1-3H3. The molecule has 2 fully saturated rings. The Bertz CT molecular complexity index is 1050. The highest BCUT2D eigenvalue weighted by Crippen LogP contribution is 2.47. The first-order valence-corrected chi connectivity index (χ1v) is 11.3. The van der Waals surface area contributed by atoms with E-state index in [0.29, 0.717) is 31.5 Å². The molecule has 0 unspecified atom stereocenters. The van der Waals surface area contributed by atoms with Crippen LogP contribution in [-0.2, 0) is 11.0 Å². The zero-order chi connectivity index (χ0) is 23.4. The number of hydrogen-bond donors (Lipinski definition) is 0. The van der Waals surface area contributed by atoms with E-state index in [0.717, 1.165) is 18.9 Å². The van der Waals surface area contributed by atoms with Crippen LogP contribution in [0.25, 0.3) is 11.0 Å². The SMILES string of the molecule is CC(C)N(C)C(=O)C1CCN(C(=O)c2oc3c(C(F)(F)F)cc(C4CC4)cc3c2Cl)CC1. The van der Waals surface area contributed by atoms with E-state index >= 15 is 0 Å². The highest BCUT2D eigenvalue weighted by Gasteiger charge is 2.39. The lowest BCUT2D eigenvalue weighted by Crippen LogP contribution is -2.45. The average Bonchev–Trinajstić information content (AvgIpc) is 3.55. The molecule has 2 heterocycles. The molecule has 0 bridgehead atoms. The Morgan fingerprint density at radius 3 is 2.31 bits per heavy atom. The highest BCUT2D eigenvalue weighted by atomic mass is 35.5. The first-order valence-electron chi connectivity index (χ1n) is 10.9. The minimum atomic E-state index is -4.62. The molecule has 1 aliphatic carbocycles. The summed E-state index contributed by atoms with van der Waals surface area (Å²) in [6.07, 6.45) is -1.97. The molecule has 0 radical (unpaired) electrons. The van der Waals surface area contributed by atoms with Crippen molar-refractivity contribution in [2.75, 3.05) is 20.1 Å². The van der Waals surface area contributed by atoms with Gasteiger partial charge in [0, 0.05) is 37.5 Å². The van der Waals surface area contributed by atoms with Crippen molar-refractivity contribution in [3.8, 4) is 0 Å². The van der Waals surface area contributed by atoms with Gasteiger partial charge in [-0.2, -0.15) is 13.2 Å². The van der Waals surface area contributed by atoms with Crippen LogP contribution in [0.1, 0.15) is 67.1 Å². The van der Waals surface area contributed by atoms with Gasteiger partial charge in [-0.1, -0.05) is 11.6 Å². The largest absolute Gasteiger partial charge is 0.449 e. The summed E-state index contributed by atoms with van der Waals surface area (Å²) in [4.78, 5) is 28.8. The number of halogens is 4. The Balaban J connectivity index is 1.58. The van der Waals surface area contributed by atoms with E-state index in [2.05, 4.69) is 0 Å². The number of likely N-dealkylation sites (tertiary alicyclic amines) is 1. The molecular formula is C23H26ClF3N2O3. The van der Waals surface area contributed by atoms with Crippen molar-refractivity contribution >= 4 is 34.4 Å². The fraction of sp³-hybridized carbons (Fsp3) is 0.565. The molecule has 0 N–H and O–H groups in total. The van der Waals surface area contributed by atoms with Crippen molar-refractivity contribution in [2.45, 2.75) is 57.7 Å². The van der Waals surface area contributed by atoms with Crippen LogP contribution in [0.3, 0.4) is 0 Å². The predicted octanol–water partition coefficient (Wildman–Crippen LogP) is 5.70. The van der Waals surface area contributed by atoms with Crippen molar-refractivity contribution in [1.29, 1.82) is 0 Å². The number of rotatable bonds is 4. The maximum atomic E-state index is 13.7. The maximum absolute atomic E-state index is 13.7. The minimum absolute atomic E-state index is 0.0382. The van der Waals surface area contributed by atoms with Gasteiger partial charge in [0.25, 0.3) is 5.91 Å². The number of nitrogens with zero attached hydrogens (tertiary/aromatic N) is 2. The lowest BCUT2D eigenvalue weighted by atomic mass is 9.95. The highest BCUT2D eigenvalue weighted by molar-refractivity contribution is 6.38. The van der Waals surface area contributed by atoms with Gasteiger partial charge in [0.15, 0.2) is 0 Å². The zero-order valence-corrected chi connectivity index (χ0v) is 19.0. The number of amides is 2. The molecule has 1 saturated carbocycles. The van der Waals surface area contributed by atoms with Crippen LogP contribution in [0.5, 0.6) is 0 Å². The van der Waals surface area contributed by atoms with Crippen LogP contribution in [0.2, 0.25) is 5.02 Å². The van der Waals surface area contributed by atoms with Crippen LogP contribution < -0.4 is 0 Å². The van der Waals surface area contributed by atoms with Crippen LogP contribution in [0, 0.1) is 5.92 Å². The molecule has 0 spiro atoms. The third-order valence-corrected chi connectivity index (χ3v) is 6.93. The summed E-state index contributed by atoms with van der Waals surface area (Å²) in [7, 11) is 1.76. The topological polar surface area (TPSA) is 53.8 Å². The molecule has 2 aliphatic rings. The summed E-state index contributed by atoms with van der Waals surface area (Å²) >= 11 is 6.38. The van der Waals surface area contributed by atoms with E-state index in [1.807, 2.05) is 13.8 Å². The fourth-order valence-electron chi connectivity index (χ4n) is 4.21. The number of carbonyl (C=O) groups excluding carboxylic acids is 2. The molecule has 174 valence electrons. The second-order valence-corrected chi connectivity index (χ2v) is 9.45. The molecule has 1 aliphatic heterocycles. The first-order chi connectivity index (χ1) is 15.0. The summed E-state index contributed by atoms with van der Waals surface area (Å²) in [5.41, 5.74) is -0.738. The molecule has 0 atom stereocenters. The van der Waals surface area contributed by atoms with Crippen LogP contribution in [0.4, 0.5) is 13.2 Å². The van der Waals surface area contributed by atoms with E-state index in [1.165, 1.54) is 4.90 Å². The molecule has 4 rings (SSSR count). The van der Waals surface area contributed by atoms with Gasteiger partial charge in [0.1, 0.15) is 5.58 Å². The maximum Gasteiger partial charge on any atom is 0.420 e. The number of carbonyl (C=O) groups is 2. The van der Waals surface area contributed by atoms with Gasteiger partial charge in [0.2, 0.25) is 11.7 Å². The number of alkyl halides is 3. The van der Waals surface area contributed by atoms with Gasteiger partial charge < -0.3 is 14.2 Å². The van der Waals surface area contributed by atoms with Gasteiger partial charge in [0.05, 0.1) is 10.6 Å². The van der Waals surface area contributed by atoms with Gasteiger partial charge in [-0.05, 0) is 63.1 Å². The molecule has 1 saturated heterocycles. The monoisotopic (exact) mass is 470 g/mol. The number of hydrogen-bond acceptors (Lipinski definition) is 3. The lowest BCUT2D eigenvalue weighted by molar-refractivity contribution is -0.137. The van der Waals surface area contributed by atoms with Crippen molar-refractivity contribution in [1.82, 2.24) is 9.80 Å². The van der Waals surface area contributed by atoms with Crippen LogP contribution in [-0.4, -0.2) is 47.8 Å². The lowest BCUT2D eigenvalue weighted by Gasteiger charge is -2.34. The summed E-state index contributed by atoms with van der Waals surface area (Å²) < 4.78 is 46.5. The molecule has 2 amide bonds. The zero-order valence-electron chi connectivity index (χ0n) is 18.3. The average molecular weight is 471 g/mol. The summed E-state index contributed by atoms with van der Waals surface area (Å²) in [5, 5.41) is 0.0334. The molecule has 1 aromatic heterocycles. The molecule has 5 nitrogen and oxygen atoms in total. The Labute approximate surface area is 189 Å². The van der Waals surface area contributed by atoms with Crippen molar-refractivity contribution in [2.24, 2.45) is 5.92 Å². The Morgan fingerprint density at radius 1 is 1.16 bits per heavy atom. The number of furan rings is 1. The molecule has 1 aromatic carbocycles. The Kier molecular flexibility index (Phi) is 5.94. The van der Waals surface area contributed by atoms with E-state index in [1.54, 1.807) is 18.0 Å². The van der Waals surface area contributed by atoms with Crippen molar-refractivity contribution in [3.05, 3.63) is 34.0 Å². The van der Waals surface area contributed by atoms with Crippen LogP contribution in [0.15, 0.2) is 16.5 Å². The minimum Gasteiger partial charge on any atom is -0.449 e. The third-order valence-electron chi connectivity index (χ3n) is 6.55.